The summed E-state index contributed by atoms with van der Waals surface area (Å²) in [6, 6.07) is 4.76. The number of carbonyl (C=O) groups excluding carboxylic acids is 3. The Morgan fingerprint density at radius 3 is 2.36 bits per heavy atom. The number of hydrogen-bond acceptors (Lipinski definition) is 9. The van der Waals surface area contributed by atoms with Gasteiger partial charge in [-0.05, 0) is 63.3 Å². The van der Waals surface area contributed by atoms with Crippen molar-refractivity contribution in [3.63, 3.8) is 0 Å². The minimum Gasteiger partial charge on any atom is -0.465 e. The average Bonchev–Trinajstić information content (AvgIpc) is 3.65. The zero-order chi connectivity index (χ0) is 32.4. The Balaban J connectivity index is 1.73. The minimum atomic E-state index is -3.54. The summed E-state index contributed by atoms with van der Waals surface area (Å²) in [5.41, 5.74) is 1.32. The van der Waals surface area contributed by atoms with Gasteiger partial charge in [-0.15, -0.1) is 0 Å². The van der Waals surface area contributed by atoms with E-state index >= 15 is 0 Å². The average molecular weight is 630 g/mol. The third-order valence-corrected chi connectivity index (χ3v) is 7.76. The summed E-state index contributed by atoms with van der Waals surface area (Å²) in [6.45, 7) is 6.11. The van der Waals surface area contributed by atoms with Gasteiger partial charge < -0.3 is 35.0 Å². The van der Waals surface area contributed by atoms with Crippen LogP contribution in [-0.2, 0) is 32.1 Å². The predicted molar refractivity (Wildman–Crippen MR) is 167 cm³/mol. The first kappa shape index (κ1) is 32.6. The number of nitrogens with one attached hydrogen (secondary N) is 4. The Bertz CT molecular complexity index is 1760. The molecule has 0 radical (unpaired) electrons. The van der Waals surface area contributed by atoms with Crippen LogP contribution < -0.4 is 21.5 Å². The van der Waals surface area contributed by atoms with E-state index in [-0.39, 0.29) is 41.0 Å². The lowest BCUT2D eigenvalue weighted by atomic mass is 9.96. The first-order valence-corrected chi connectivity index (χ1v) is 16.3. The van der Waals surface area contributed by atoms with Gasteiger partial charge in [-0.25, -0.2) is 18.0 Å². The number of pyridine rings is 1. The number of methoxy groups -OCH3 is 1. The lowest BCUT2D eigenvalue weighted by molar-refractivity contribution is 0.0525. The van der Waals surface area contributed by atoms with Crippen LogP contribution in [0.25, 0.3) is 22.0 Å². The van der Waals surface area contributed by atoms with Crippen LogP contribution in [0.5, 0.6) is 0 Å². The quantitative estimate of drug-likeness (QED) is 0.183. The molecule has 14 heteroatoms. The predicted octanol–water partition coefficient (Wildman–Crippen LogP) is 2.94. The molecule has 2 amide bonds. The van der Waals surface area contributed by atoms with Crippen molar-refractivity contribution in [2.24, 2.45) is 13.0 Å². The molecule has 3 aromatic rings. The minimum absolute atomic E-state index is 0.109. The molecule has 1 aliphatic rings. The largest absolute Gasteiger partial charge is 0.465 e. The van der Waals surface area contributed by atoms with E-state index in [0.29, 0.717) is 34.7 Å². The highest BCUT2D eigenvalue weighted by Crippen LogP contribution is 2.37. The number of carbonyl (C=O) groups is 3. The van der Waals surface area contributed by atoms with E-state index < -0.39 is 39.2 Å². The zero-order valence-corrected chi connectivity index (χ0v) is 26.6. The standard InChI is InChI=1S/C30H39N5O8S/c1-30(2,3)43-29(39)32-10-9-31-26(36)24-13-21-22(15-35(4)27(37)25(21)34-24)20-11-18(16-44(6,40)41)19(28(38)42-5)12-23(20)33-14-17-7-8-17/h11-13,15,17,33-34H,7-10,14,16H2,1-6H3,(H,31,36)(H,32,39). The maximum atomic E-state index is 13.1. The first-order chi connectivity index (χ1) is 20.6. The van der Waals surface area contributed by atoms with Gasteiger partial charge in [0.1, 0.15) is 16.8 Å². The van der Waals surface area contributed by atoms with E-state index in [9.17, 15) is 27.6 Å². The molecular formula is C30H39N5O8S. The number of benzene rings is 1. The van der Waals surface area contributed by atoms with Gasteiger partial charge in [0.15, 0.2) is 9.84 Å². The topological polar surface area (TPSA) is 178 Å². The molecule has 2 aromatic heterocycles. The van der Waals surface area contributed by atoms with Crippen LogP contribution >= 0.6 is 0 Å². The molecule has 44 heavy (non-hydrogen) atoms. The number of amides is 2. The molecule has 4 N–H and O–H groups in total. The number of aryl methyl sites for hydroxylation is 1. The van der Waals surface area contributed by atoms with Crippen LogP contribution in [0.4, 0.5) is 10.5 Å². The lowest BCUT2D eigenvalue weighted by Crippen LogP contribution is -2.37. The Morgan fingerprint density at radius 1 is 1.07 bits per heavy atom. The number of alkyl carbamates (subject to hydrolysis) is 1. The van der Waals surface area contributed by atoms with E-state index in [1.165, 1.54) is 11.7 Å². The molecule has 0 bridgehead atoms. The van der Waals surface area contributed by atoms with Crippen LogP contribution in [0.2, 0.25) is 0 Å². The first-order valence-electron chi connectivity index (χ1n) is 14.2. The van der Waals surface area contributed by atoms with Crippen molar-refractivity contribution >= 4 is 44.4 Å². The Labute approximate surface area is 255 Å². The molecule has 13 nitrogen and oxygen atoms in total. The van der Waals surface area contributed by atoms with Crippen LogP contribution in [0.1, 0.15) is 60.0 Å². The molecule has 238 valence electrons. The summed E-state index contributed by atoms with van der Waals surface area (Å²) in [6.07, 6.45) is 4.24. The molecule has 1 fully saturated rings. The number of anilines is 1. The third kappa shape index (κ3) is 8.18. The van der Waals surface area contributed by atoms with Gasteiger partial charge in [0.05, 0.1) is 18.4 Å². The third-order valence-electron chi connectivity index (χ3n) is 6.92. The zero-order valence-electron chi connectivity index (χ0n) is 25.8. The molecule has 0 saturated heterocycles. The van der Waals surface area contributed by atoms with Gasteiger partial charge in [-0.3, -0.25) is 9.59 Å². The smallest absolute Gasteiger partial charge is 0.407 e. The summed E-state index contributed by atoms with van der Waals surface area (Å²) >= 11 is 0. The molecule has 0 atom stereocenters. The van der Waals surface area contributed by atoms with E-state index in [4.69, 9.17) is 9.47 Å². The number of fused-ring (bicyclic) bond motifs is 1. The Morgan fingerprint density at radius 2 is 1.75 bits per heavy atom. The molecule has 0 spiro atoms. The molecule has 1 aliphatic carbocycles. The number of sulfone groups is 1. The van der Waals surface area contributed by atoms with Gasteiger partial charge in [0.2, 0.25) is 0 Å². The summed E-state index contributed by atoms with van der Waals surface area (Å²) in [5, 5.41) is 9.10. The number of esters is 1. The molecule has 4 rings (SSSR count). The van der Waals surface area contributed by atoms with Crippen LogP contribution in [0.3, 0.4) is 0 Å². The summed E-state index contributed by atoms with van der Waals surface area (Å²) in [4.78, 5) is 53.6. The number of hydrogen-bond donors (Lipinski definition) is 4. The fraction of sp³-hybridized carbons (Fsp3) is 0.467. The number of nitrogens with zero attached hydrogens (tertiary/aromatic N) is 1. The molecule has 2 heterocycles. The summed E-state index contributed by atoms with van der Waals surface area (Å²) < 4.78 is 36.2. The van der Waals surface area contributed by atoms with Gasteiger partial charge >= 0.3 is 12.1 Å². The number of rotatable bonds is 11. The van der Waals surface area contributed by atoms with Crippen molar-refractivity contribution < 1.29 is 32.3 Å². The second-order valence-electron chi connectivity index (χ2n) is 12.1. The van der Waals surface area contributed by atoms with Gasteiger partial charge in [0.25, 0.3) is 11.5 Å². The van der Waals surface area contributed by atoms with E-state index in [1.807, 2.05) is 0 Å². The number of aromatic amines is 1. The molecule has 0 unspecified atom stereocenters. The maximum absolute atomic E-state index is 13.1. The monoisotopic (exact) mass is 629 g/mol. The highest BCUT2D eigenvalue weighted by molar-refractivity contribution is 7.89. The number of H-pyrrole nitrogens is 1. The van der Waals surface area contributed by atoms with Crippen LogP contribution in [-0.4, -0.2) is 74.5 Å². The van der Waals surface area contributed by atoms with Crippen molar-refractivity contribution in [3.05, 3.63) is 51.6 Å². The summed E-state index contributed by atoms with van der Waals surface area (Å²) in [7, 11) is -0.730. The Hall–Kier alpha value is -4.33. The van der Waals surface area contributed by atoms with Crippen LogP contribution in [0.15, 0.2) is 29.2 Å². The van der Waals surface area contributed by atoms with Gasteiger partial charge in [0, 0.05) is 61.3 Å². The Kier molecular flexibility index (Phi) is 9.42. The van der Waals surface area contributed by atoms with E-state index in [1.54, 1.807) is 52.2 Å². The number of ether oxygens (including phenoxy) is 2. The van der Waals surface area contributed by atoms with Crippen molar-refractivity contribution in [2.45, 2.75) is 45.0 Å². The normalized spacial score (nSPS) is 13.4. The van der Waals surface area contributed by atoms with Crippen molar-refractivity contribution in [1.29, 1.82) is 0 Å². The molecule has 0 aliphatic heterocycles. The fourth-order valence-electron chi connectivity index (χ4n) is 4.71. The van der Waals surface area contributed by atoms with Crippen molar-refractivity contribution in [3.8, 4) is 11.1 Å². The lowest BCUT2D eigenvalue weighted by Gasteiger charge is -2.19. The van der Waals surface area contributed by atoms with Crippen molar-refractivity contribution in [2.75, 3.05) is 38.3 Å². The van der Waals surface area contributed by atoms with E-state index in [2.05, 4.69) is 20.9 Å². The molecule has 1 saturated carbocycles. The van der Waals surface area contributed by atoms with Crippen LogP contribution in [0, 0.1) is 5.92 Å². The second kappa shape index (κ2) is 12.7. The molecule has 1 aromatic carbocycles. The highest BCUT2D eigenvalue weighted by Gasteiger charge is 2.25. The fourth-order valence-corrected chi connectivity index (χ4v) is 5.52. The van der Waals surface area contributed by atoms with Crippen molar-refractivity contribution in [1.82, 2.24) is 20.2 Å². The summed E-state index contributed by atoms with van der Waals surface area (Å²) in [5.74, 6) is -1.09. The van der Waals surface area contributed by atoms with Gasteiger partial charge in [-0.2, -0.15) is 0 Å². The maximum Gasteiger partial charge on any atom is 0.407 e. The molecular weight excluding hydrogens is 590 g/mol. The number of aromatic nitrogens is 2. The SMILES string of the molecule is COC(=O)c1cc(NCC2CC2)c(-c2cn(C)c(=O)c3[nH]c(C(=O)NCCNC(=O)OC(C)(C)C)cc23)cc1CS(C)(=O)=O. The van der Waals surface area contributed by atoms with Gasteiger partial charge in [-0.1, -0.05) is 0 Å². The highest BCUT2D eigenvalue weighted by atomic mass is 32.2. The van der Waals surface area contributed by atoms with E-state index in [0.717, 1.165) is 19.1 Å². The second-order valence-corrected chi connectivity index (χ2v) is 14.2.